The summed E-state index contributed by atoms with van der Waals surface area (Å²) in [5.41, 5.74) is 8.45. The molecule has 146 valence electrons. The zero-order valence-corrected chi connectivity index (χ0v) is 16.7. The van der Waals surface area contributed by atoms with Gasteiger partial charge in [-0.1, -0.05) is 54.9 Å². The van der Waals surface area contributed by atoms with E-state index < -0.39 is 5.60 Å². The van der Waals surface area contributed by atoms with E-state index in [9.17, 15) is 9.90 Å². The topological polar surface area (TPSA) is 94.0 Å². The molecule has 1 saturated carbocycles. The number of aliphatic hydroxyl groups is 1. The minimum Gasteiger partial charge on any atom is -0.388 e. The highest BCUT2D eigenvalue weighted by Crippen LogP contribution is 2.38. The van der Waals surface area contributed by atoms with Crippen LogP contribution in [0.3, 0.4) is 0 Å². The fourth-order valence-electron chi connectivity index (χ4n) is 3.86. The third-order valence-electron chi connectivity index (χ3n) is 5.37. The standard InChI is InChI=1S/C21H24N4O2S/c1-14-7-3-4-8-15(14)18-19(28-20(22)23-18)16-9-10-17(26)25(24-16)13-21(27)11-5-2-6-12-21/h3-4,7-10,27H,2,5-6,11-13H2,1H3,(H2,22,23). The van der Waals surface area contributed by atoms with Crippen LogP contribution in [0.2, 0.25) is 0 Å². The number of anilines is 1. The van der Waals surface area contributed by atoms with Crippen LogP contribution in [0.25, 0.3) is 21.8 Å². The highest BCUT2D eigenvalue weighted by molar-refractivity contribution is 7.19. The largest absolute Gasteiger partial charge is 0.388 e. The molecule has 0 radical (unpaired) electrons. The molecule has 1 aliphatic carbocycles. The van der Waals surface area contributed by atoms with Gasteiger partial charge in [0, 0.05) is 11.6 Å². The molecule has 28 heavy (non-hydrogen) atoms. The molecule has 1 fully saturated rings. The minimum atomic E-state index is -0.862. The van der Waals surface area contributed by atoms with Gasteiger partial charge in [-0.15, -0.1) is 0 Å². The van der Waals surface area contributed by atoms with E-state index in [4.69, 9.17) is 5.73 Å². The van der Waals surface area contributed by atoms with Crippen molar-refractivity contribution in [2.75, 3.05) is 5.73 Å². The maximum atomic E-state index is 12.4. The molecule has 0 bridgehead atoms. The van der Waals surface area contributed by atoms with Crippen molar-refractivity contribution in [3.8, 4) is 21.8 Å². The zero-order chi connectivity index (χ0) is 19.7. The summed E-state index contributed by atoms with van der Waals surface area (Å²) in [6, 6.07) is 11.2. The molecule has 1 aromatic carbocycles. The van der Waals surface area contributed by atoms with Crippen LogP contribution in [0.5, 0.6) is 0 Å². The van der Waals surface area contributed by atoms with Gasteiger partial charge in [0.05, 0.1) is 22.7 Å². The SMILES string of the molecule is Cc1ccccc1-c1nc(N)sc1-c1ccc(=O)n(CC2(O)CCCCC2)n1. The first-order valence-corrected chi connectivity index (χ1v) is 10.4. The van der Waals surface area contributed by atoms with Gasteiger partial charge in [0.15, 0.2) is 5.13 Å². The molecule has 3 N–H and O–H groups in total. The molecule has 6 nitrogen and oxygen atoms in total. The van der Waals surface area contributed by atoms with E-state index in [1.54, 1.807) is 6.07 Å². The molecule has 0 spiro atoms. The summed E-state index contributed by atoms with van der Waals surface area (Å²) in [6.07, 6.45) is 4.49. The number of nitrogens with zero attached hydrogens (tertiary/aromatic N) is 3. The molecule has 0 amide bonds. The number of aryl methyl sites for hydroxylation is 1. The number of thiazole rings is 1. The lowest BCUT2D eigenvalue weighted by Crippen LogP contribution is -2.40. The predicted molar refractivity (Wildman–Crippen MR) is 112 cm³/mol. The van der Waals surface area contributed by atoms with Crippen LogP contribution < -0.4 is 11.3 Å². The monoisotopic (exact) mass is 396 g/mol. The maximum Gasteiger partial charge on any atom is 0.266 e. The van der Waals surface area contributed by atoms with Crippen LogP contribution in [-0.2, 0) is 6.54 Å². The van der Waals surface area contributed by atoms with Crippen LogP contribution in [0, 0.1) is 6.92 Å². The Morgan fingerprint density at radius 2 is 1.93 bits per heavy atom. The van der Waals surface area contributed by atoms with E-state index in [-0.39, 0.29) is 12.1 Å². The number of aromatic nitrogens is 3. The Bertz CT molecular complexity index is 1050. The number of hydrogen-bond acceptors (Lipinski definition) is 6. The van der Waals surface area contributed by atoms with Crippen molar-refractivity contribution < 1.29 is 5.11 Å². The van der Waals surface area contributed by atoms with Crippen molar-refractivity contribution in [2.45, 2.75) is 51.2 Å². The van der Waals surface area contributed by atoms with Gasteiger partial charge in [0.2, 0.25) is 0 Å². The Morgan fingerprint density at radius 1 is 1.18 bits per heavy atom. The summed E-state index contributed by atoms with van der Waals surface area (Å²) < 4.78 is 1.39. The van der Waals surface area contributed by atoms with Gasteiger partial charge in [0.1, 0.15) is 5.69 Å². The van der Waals surface area contributed by atoms with E-state index in [1.165, 1.54) is 22.1 Å². The Hall–Kier alpha value is -2.51. The van der Waals surface area contributed by atoms with Gasteiger partial charge < -0.3 is 10.8 Å². The fraction of sp³-hybridized carbons (Fsp3) is 0.381. The van der Waals surface area contributed by atoms with Crippen molar-refractivity contribution >= 4 is 16.5 Å². The summed E-state index contributed by atoms with van der Waals surface area (Å²) in [5, 5.41) is 15.9. The molecular formula is C21H24N4O2S. The van der Waals surface area contributed by atoms with E-state index in [1.807, 2.05) is 31.2 Å². The molecule has 0 aliphatic heterocycles. The van der Waals surface area contributed by atoms with E-state index in [2.05, 4.69) is 10.1 Å². The van der Waals surface area contributed by atoms with Gasteiger partial charge in [-0.2, -0.15) is 5.10 Å². The normalized spacial score (nSPS) is 16.2. The van der Waals surface area contributed by atoms with Crippen LogP contribution in [0.15, 0.2) is 41.2 Å². The smallest absolute Gasteiger partial charge is 0.266 e. The number of rotatable bonds is 4. The molecule has 1 aliphatic rings. The second kappa shape index (κ2) is 7.48. The Kier molecular flexibility index (Phi) is 5.03. The third-order valence-corrected chi connectivity index (χ3v) is 6.28. The molecule has 0 atom stereocenters. The zero-order valence-electron chi connectivity index (χ0n) is 15.9. The first-order chi connectivity index (χ1) is 13.5. The molecule has 2 aromatic heterocycles. The van der Waals surface area contributed by atoms with Gasteiger partial charge in [0.25, 0.3) is 5.56 Å². The average molecular weight is 397 g/mol. The van der Waals surface area contributed by atoms with Gasteiger partial charge >= 0.3 is 0 Å². The lowest BCUT2D eigenvalue weighted by atomic mass is 9.85. The Labute approximate surface area is 167 Å². The highest BCUT2D eigenvalue weighted by Gasteiger charge is 2.30. The van der Waals surface area contributed by atoms with Crippen molar-refractivity contribution in [3.63, 3.8) is 0 Å². The van der Waals surface area contributed by atoms with Crippen molar-refractivity contribution in [3.05, 3.63) is 52.3 Å². The van der Waals surface area contributed by atoms with E-state index in [0.29, 0.717) is 23.7 Å². The third kappa shape index (κ3) is 3.72. The minimum absolute atomic E-state index is 0.210. The number of benzene rings is 1. The molecular weight excluding hydrogens is 372 g/mol. The predicted octanol–water partition coefficient (Wildman–Crippen LogP) is 3.62. The van der Waals surface area contributed by atoms with Gasteiger partial charge in [-0.05, 0) is 31.4 Å². The van der Waals surface area contributed by atoms with Gasteiger partial charge in [-0.25, -0.2) is 9.67 Å². The second-order valence-corrected chi connectivity index (χ2v) is 8.57. The summed E-state index contributed by atoms with van der Waals surface area (Å²) in [4.78, 5) is 17.7. The van der Waals surface area contributed by atoms with Crippen molar-refractivity contribution in [2.24, 2.45) is 0 Å². The number of hydrogen-bond donors (Lipinski definition) is 2. The van der Waals surface area contributed by atoms with E-state index in [0.717, 1.165) is 41.0 Å². The Balaban J connectivity index is 1.75. The van der Waals surface area contributed by atoms with Crippen LogP contribution in [0.1, 0.15) is 37.7 Å². The first kappa shape index (κ1) is 18.8. The number of nitrogen functional groups attached to an aromatic ring is 1. The molecule has 3 aromatic rings. The quantitative estimate of drug-likeness (QED) is 0.702. The lowest BCUT2D eigenvalue weighted by molar-refractivity contribution is -0.0153. The summed E-state index contributed by atoms with van der Waals surface area (Å²) in [5.74, 6) is 0. The van der Waals surface area contributed by atoms with Gasteiger partial charge in [-0.3, -0.25) is 4.79 Å². The number of nitrogens with two attached hydrogens (primary N) is 1. The van der Waals surface area contributed by atoms with Crippen LogP contribution in [-0.4, -0.2) is 25.5 Å². The molecule has 2 heterocycles. The maximum absolute atomic E-state index is 12.4. The lowest BCUT2D eigenvalue weighted by Gasteiger charge is -2.31. The van der Waals surface area contributed by atoms with Crippen molar-refractivity contribution in [1.29, 1.82) is 0 Å². The Morgan fingerprint density at radius 3 is 2.68 bits per heavy atom. The summed E-state index contributed by atoms with van der Waals surface area (Å²) >= 11 is 1.36. The first-order valence-electron chi connectivity index (χ1n) is 9.58. The van der Waals surface area contributed by atoms with Crippen molar-refractivity contribution in [1.82, 2.24) is 14.8 Å². The molecule has 0 saturated heterocycles. The highest BCUT2D eigenvalue weighted by atomic mass is 32.1. The second-order valence-electron chi connectivity index (χ2n) is 7.54. The summed E-state index contributed by atoms with van der Waals surface area (Å²) in [6.45, 7) is 2.25. The molecule has 7 heteroatoms. The fourth-order valence-corrected chi connectivity index (χ4v) is 4.67. The molecule has 4 rings (SSSR count). The van der Waals surface area contributed by atoms with Crippen LogP contribution >= 0.6 is 11.3 Å². The average Bonchev–Trinajstić information content (AvgIpc) is 3.06. The van der Waals surface area contributed by atoms with E-state index >= 15 is 0 Å². The molecule has 0 unspecified atom stereocenters. The summed E-state index contributed by atoms with van der Waals surface area (Å²) in [7, 11) is 0. The van der Waals surface area contributed by atoms with Crippen LogP contribution in [0.4, 0.5) is 5.13 Å².